The highest BCUT2D eigenvalue weighted by Crippen LogP contribution is 2.42. The number of nitro benzene ring substituents is 1. The van der Waals surface area contributed by atoms with Crippen molar-refractivity contribution < 1.29 is 28.0 Å². The van der Waals surface area contributed by atoms with E-state index < -0.39 is 40.4 Å². The van der Waals surface area contributed by atoms with Crippen LogP contribution in [0.25, 0.3) is 0 Å². The zero-order valence-electron chi connectivity index (χ0n) is 14.5. The lowest BCUT2D eigenvalue weighted by Crippen LogP contribution is -2.56. The van der Waals surface area contributed by atoms with E-state index in [0.29, 0.717) is 5.56 Å². The number of aliphatic hydroxyl groups is 1. The van der Waals surface area contributed by atoms with Gasteiger partial charge in [-0.2, -0.15) is 23.3 Å². The second-order valence-electron chi connectivity index (χ2n) is 6.33. The Morgan fingerprint density at radius 3 is 2.46 bits per heavy atom. The fourth-order valence-electron chi connectivity index (χ4n) is 2.76. The van der Waals surface area contributed by atoms with Gasteiger partial charge in [0.05, 0.1) is 17.1 Å². The maximum absolute atomic E-state index is 13.6. The number of hydrazone groups is 1. The topological polar surface area (TPSA) is 96.0 Å². The third-order valence-corrected chi connectivity index (χ3v) is 4.32. The minimum absolute atomic E-state index is 0.0543. The van der Waals surface area contributed by atoms with Crippen LogP contribution in [0.1, 0.15) is 27.9 Å². The Morgan fingerprint density at radius 2 is 1.89 bits per heavy atom. The third kappa shape index (κ3) is 3.33. The highest BCUT2D eigenvalue weighted by Gasteiger charge is 2.63. The molecular weight excluding hydrogens is 379 g/mol. The summed E-state index contributed by atoms with van der Waals surface area (Å²) in [4.78, 5) is 22.7. The van der Waals surface area contributed by atoms with Gasteiger partial charge in [-0.25, -0.2) is 0 Å². The molecule has 1 heterocycles. The molecule has 7 nitrogen and oxygen atoms in total. The number of aryl methyl sites for hydroxylation is 1. The van der Waals surface area contributed by atoms with E-state index in [1.54, 1.807) is 19.1 Å². The molecule has 146 valence electrons. The fraction of sp³-hybridized carbons (Fsp3) is 0.222. The minimum Gasteiger partial charge on any atom is -0.362 e. The quantitative estimate of drug-likeness (QED) is 0.639. The van der Waals surface area contributed by atoms with E-state index in [2.05, 4.69) is 5.10 Å². The monoisotopic (exact) mass is 393 g/mol. The second kappa shape index (κ2) is 6.71. The van der Waals surface area contributed by atoms with Crippen LogP contribution in [0.2, 0.25) is 0 Å². The van der Waals surface area contributed by atoms with Gasteiger partial charge < -0.3 is 5.11 Å². The Hall–Kier alpha value is -3.27. The number of non-ortho nitro benzene ring substituents is 1. The largest absolute Gasteiger partial charge is 0.438 e. The van der Waals surface area contributed by atoms with E-state index in [4.69, 9.17) is 0 Å². The molecule has 1 amide bonds. The molecule has 0 fully saturated rings. The number of hydrogen-bond donors (Lipinski definition) is 1. The highest BCUT2D eigenvalue weighted by atomic mass is 19.4. The van der Waals surface area contributed by atoms with Gasteiger partial charge in [0.2, 0.25) is 0 Å². The molecular formula is C18H14F3N3O4. The molecule has 28 heavy (non-hydrogen) atoms. The van der Waals surface area contributed by atoms with Gasteiger partial charge in [0.25, 0.3) is 17.3 Å². The van der Waals surface area contributed by atoms with Gasteiger partial charge in [-0.05, 0) is 18.6 Å². The van der Waals surface area contributed by atoms with Crippen molar-refractivity contribution in [1.29, 1.82) is 0 Å². The summed E-state index contributed by atoms with van der Waals surface area (Å²) in [6.45, 7) is 1.80. The first-order valence-electron chi connectivity index (χ1n) is 8.05. The van der Waals surface area contributed by atoms with Crippen molar-refractivity contribution in [3.05, 3.63) is 75.3 Å². The molecule has 0 unspecified atom stereocenters. The van der Waals surface area contributed by atoms with Crippen LogP contribution in [0.4, 0.5) is 18.9 Å². The zero-order chi connectivity index (χ0) is 20.7. The van der Waals surface area contributed by atoms with Crippen LogP contribution in [0.15, 0.2) is 53.6 Å². The molecule has 2 aromatic carbocycles. The van der Waals surface area contributed by atoms with E-state index in [-0.39, 0.29) is 10.7 Å². The molecule has 0 saturated heterocycles. The molecule has 0 radical (unpaired) electrons. The van der Waals surface area contributed by atoms with Crippen molar-refractivity contribution in [2.24, 2.45) is 5.10 Å². The van der Waals surface area contributed by atoms with Gasteiger partial charge in [-0.3, -0.25) is 14.9 Å². The molecule has 10 heteroatoms. The van der Waals surface area contributed by atoms with E-state index in [9.17, 15) is 33.2 Å². The smallest absolute Gasteiger partial charge is 0.362 e. The van der Waals surface area contributed by atoms with Crippen molar-refractivity contribution in [2.75, 3.05) is 0 Å². The fourth-order valence-corrected chi connectivity index (χ4v) is 2.76. The Balaban J connectivity index is 2.05. The number of nitro groups is 1. The summed E-state index contributed by atoms with van der Waals surface area (Å²) in [5.41, 5.74) is -3.36. The van der Waals surface area contributed by atoms with Gasteiger partial charge >= 0.3 is 6.18 Å². The maximum atomic E-state index is 13.6. The number of benzene rings is 2. The molecule has 3 rings (SSSR count). The SMILES string of the molecule is Cc1ccc(C2=NN(C(=O)c3cccc([N+](=O)[O-])c3)[C@](O)(C(F)(F)F)C2)cc1. The van der Waals surface area contributed by atoms with Crippen LogP contribution < -0.4 is 0 Å². The molecule has 1 atom stereocenters. The number of rotatable bonds is 3. The molecule has 0 spiro atoms. The first-order chi connectivity index (χ1) is 13.0. The normalized spacial score (nSPS) is 19.5. The molecule has 1 N–H and O–H groups in total. The predicted octanol–water partition coefficient (Wildman–Crippen LogP) is 3.40. The number of alkyl halides is 3. The summed E-state index contributed by atoms with van der Waals surface area (Å²) >= 11 is 0. The average molecular weight is 393 g/mol. The lowest BCUT2D eigenvalue weighted by molar-refractivity contribution is -0.384. The van der Waals surface area contributed by atoms with Crippen LogP contribution in [-0.4, -0.2) is 38.6 Å². The number of nitrogens with zero attached hydrogens (tertiary/aromatic N) is 3. The van der Waals surface area contributed by atoms with E-state index in [1.807, 2.05) is 0 Å². The van der Waals surface area contributed by atoms with Crippen molar-refractivity contribution in [3.63, 3.8) is 0 Å². The highest BCUT2D eigenvalue weighted by molar-refractivity contribution is 6.05. The Kier molecular flexibility index (Phi) is 4.67. The second-order valence-corrected chi connectivity index (χ2v) is 6.33. The number of hydrogen-bond acceptors (Lipinski definition) is 5. The van der Waals surface area contributed by atoms with Crippen LogP contribution in [-0.2, 0) is 0 Å². The van der Waals surface area contributed by atoms with Crippen LogP contribution in [0.3, 0.4) is 0 Å². The first kappa shape index (κ1) is 19.5. The summed E-state index contributed by atoms with van der Waals surface area (Å²) in [7, 11) is 0. The van der Waals surface area contributed by atoms with Crippen molar-refractivity contribution in [2.45, 2.75) is 25.2 Å². The lowest BCUT2D eigenvalue weighted by Gasteiger charge is -2.32. The summed E-state index contributed by atoms with van der Waals surface area (Å²) < 4.78 is 40.8. The number of carbonyl (C=O) groups excluding carboxylic acids is 1. The van der Waals surface area contributed by atoms with Crippen molar-refractivity contribution in [1.82, 2.24) is 5.01 Å². The Labute approximate surface area is 156 Å². The summed E-state index contributed by atoms with van der Waals surface area (Å²) in [6, 6.07) is 10.6. The molecule has 0 aliphatic carbocycles. The van der Waals surface area contributed by atoms with Gasteiger partial charge in [0.15, 0.2) is 0 Å². The molecule has 0 saturated carbocycles. The summed E-state index contributed by atoms with van der Waals surface area (Å²) in [6.07, 6.45) is -6.15. The Bertz CT molecular complexity index is 973. The van der Waals surface area contributed by atoms with E-state index in [1.165, 1.54) is 18.2 Å². The van der Waals surface area contributed by atoms with Crippen molar-refractivity contribution in [3.8, 4) is 0 Å². The van der Waals surface area contributed by atoms with Crippen molar-refractivity contribution >= 4 is 17.3 Å². The number of carbonyl (C=O) groups is 1. The third-order valence-electron chi connectivity index (χ3n) is 4.32. The van der Waals surface area contributed by atoms with Gasteiger partial charge in [-0.1, -0.05) is 35.9 Å². The van der Waals surface area contributed by atoms with Crippen LogP contribution >= 0.6 is 0 Å². The molecule has 1 aliphatic rings. The molecule has 2 aromatic rings. The van der Waals surface area contributed by atoms with Crippen LogP contribution in [0, 0.1) is 17.0 Å². The number of halogens is 3. The van der Waals surface area contributed by atoms with E-state index in [0.717, 1.165) is 23.8 Å². The summed E-state index contributed by atoms with van der Waals surface area (Å²) in [5.74, 6) is -1.30. The van der Waals surface area contributed by atoms with Gasteiger partial charge in [0.1, 0.15) is 0 Å². The van der Waals surface area contributed by atoms with Gasteiger partial charge in [0, 0.05) is 17.7 Å². The molecule has 1 aliphatic heterocycles. The maximum Gasteiger partial charge on any atom is 0.438 e. The van der Waals surface area contributed by atoms with Crippen LogP contribution in [0.5, 0.6) is 0 Å². The van der Waals surface area contributed by atoms with E-state index >= 15 is 0 Å². The average Bonchev–Trinajstić information content (AvgIpc) is 3.00. The van der Waals surface area contributed by atoms with Gasteiger partial charge in [-0.15, -0.1) is 0 Å². The summed E-state index contributed by atoms with van der Waals surface area (Å²) in [5, 5.41) is 24.9. The standard InChI is InChI=1S/C18H14F3N3O4/c1-11-5-7-12(8-6-11)15-10-17(26,18(19,20)21)23(22-15)16(25)13-3-2-4-14(9-13)24(27)28/h2-9,26H,10H2,1H3/t17-/m1/s1. The minimum atomic E-state index is -5.20. The number of amides is 1. The Morgan fingerprint density at radius 1 is 1.25 bits per heavy atom. The molecule has 0 bridgehead atoms. The lowest BCUT2D eigenvalue weighted by atomic mass is 10.00. The predicted molar refractivity (Wildman–Crippen MR) is 92.6 cm³/mol. The molecule has 0 aromatic heterocycles. The first-order valence-corrected chi connectivity index (χ1v) is 8.05. The zero-order valence-corrected chi connectivity index (χ0v) is 14.5.